The van der Waals surface area contributed by atoms with Gasteiger partial charge in [-0.2, -0.15) is 0 Å². The summed E-state index contributed by atoms with van der Waals surface area (Å²) in [5.74, 6) is -0.688. The Morgan fingerprint density at radius 3 is 0.731 bits per heavy atom. The maximum absolute atomic E-state index is 13.1. The summed E-state index contributed by atoms with van der Waals surface area (Å²) in [6.07, 6.45) is 52.8. The Labute approximate surface area is 568 Å². The van der Waals surface area contributed by atoms with E-state index in [-0.39, 0.29) is 25.7 Å². The van der Waals surface area contributed by atoms with E-state index in [0.717, 1.165) is 102 Å². The molecule has 0 rings (SSSR count). The summed E-state index contributed by atoms with van der Waals surface area (Å²) in [6.45, 7) is 9.49. The fourth-order valence-electron chi connectivity index (χ4n) is 11.3. The predicted molar refractivity (Wildman–Crippen MR) is 377 cm³/mol. The summed E-state index contributed by atoms with van der Waals surface area (Å²) in [7, 11) is -9.91. The van der Waals surface area contributed by atoms with E-state index in [9.17, 15) is 43.2 Å². The van der Waals surface area contributed by atoms with Crippen LogP contribution in [0.5, 0.6) is 0 Å². The van der Waals surface area contributed by atoms with Crippen molar-refractivity contribution in [2.24, 2.45) is 11.8 Å². The maximum atomic E-state index is 13.1. The lowest BCUT2D eigenvalue weighted by molar-refractivity contribution is -0.161. The Balaban J connectivity index is 5.24. The molecule has 93 heavy (non-hydrogen) atoms. The number of unbranched alkanes of at least 4 members (excludes halogenated alkanes) is 43. The number of rotatable bonds is 73. The van der Waals surface area contributed by atoms with Crippen LogP contribution in [0.3, 0.4) is 0 Å². The first-order chi connectivity index (χ1) is 44.9. The van der Waals surface area contributed by atoms with Gasteiger partial charge < -0.3 is 33.8 Å². The number of hydrogen-bond donors (Lipinski definition) is 3. The Morgan fingerprint density at radius 1 is 0.290 bits per heavy atom. The number of aliphatic hydroxyl groups excluding tert-OH is 1. The van der Waals surface area contributed by atoms with E-state index >= 15 is 0 Å². The number of aliphatic hydroxyl groups is 1. The summed E-state index contributed by atoms with van der Waals surface area (Å²) in [5, 5.41) is 10.6. The van der Waals surface area contributed by atoms with Gasteiger partial charge in [-0.05, 0) is 37.5 Å². The number of carbonyl (C=O) groups excluding carboxylic acids is 4. The third-order valence-electron chi connectivity index (χ3n) is 17.2. The van der Waals surface area contributed by atoms with Crippen LogP contribution in [0.1, 0.15) is 382 Å². The highest BCUT2D eigenvalue weighted by atomic mass is 31.2. The minimum atomic E-state index is -4.95. The van der Waals surface area contributed by atoms with Gasteiger partial charge in [0, 0.05) is 25.7 Å². The zero-order valence-electron chi connectivity index (χ0n) is 60.6. The minimum Gasteiger partial charge on any atom is -0.462 e. The van der Waals surface area contributed by atoms with Crippen molar-refractivity contribution in [2.75, 3.05) is 39.6 Å². The van der Waals surface area contributed by atoms with Gasteiger partial charge in [-0.15, -0.1) is 0 Å². The molecule has 0 aliphatic heterocycles. The Hall–Kier alpha value is -1.94. The van der Waals surface area contributed by atoms with Crippen LogP contribution in [-0.2, 0) is 65.4 Å². The molecule has 552 valence electrons. The average Bonchev–Trinajstić information content (AvgIpc) is 3.66. The van der Waals surface area contributed by atoms with Gasteiger partial charge in [0.25, 0.3) is 0 Å². The first-order valence-corrected chi connectivity index (χ1v) is 41.5. The Morgan fingerprint density at radius 2 is 0.495 bits per heavy atom. The molecule has 17 nitrogen and oxygen atoms in total. The predicted octanol–water partition coefficient (Wildman–Crippen LogP) is 21.6. The molecule has 0 bridgehead atoms. The van der Waals surface area contributed by atoms with Crippen LogP contribution < -0.4 is 0 Å². The van der Waals surface area contributed by atoms with Gasteiger partial charge in [0.05, 0.1) is 26.4 Å². The maximum Gasteiger partial charge on any atom is 0.472 e. The summed E-state index contributed by atoms with van der Waals surface area (Å²) < 4.78 is 68.4. The third-order valence-corrected chi connectivity index (χ3v) is 19.1. The highest BCUT2D eigenvalue weighted by molar-refractivity contribution is 7.47. The van der Waals surface area contributed by atoms with Crippen molar-refractivity contribution in [3.8, 4) is 0 Å². The summed E-state index contributed by atoms with van der Waals surface area (Å²) >= 11 is 0. The molecule has 0 fully saturated rings. The van der Waals surface area contributed by atoms with Crippen molar-refractivity contribution in [3.63, 3.8) is 0 Å². The van der Waals surface area contributed by atoms with Gasteiger partial charge in [0.2, 0.25) is 0 Å². The highest BCUT2D eigenvalue weighted by Gasteiger charge is 2.30. The van der Waals surface area contributed by atoms with Crippen LogP contribution in [-0.4, -0.2) is 96.7 Å². The number of phosphoric acid groups is 2. The Kier molecular flexibility index (Phi) is 64.6. The highest BCUT2D eigenvalue weighted by Crippen LogP contribution is 2.45. The van der Waals surface area contributed by atoms with Gasteiger partial charge in [-0.25, -0.2) is 9.13 Å². The van der Waals surface area contributed by atoms with Crippen LogP contribution in [0.25, 0.3) is 0 Å². The Bertz CT molecular complexity index is 1800. The zero-order chi connectivity index (χ0) is 68.6. The van der Waals surface area contributed by atoms with Gasteiger partial charge in [-0.1, -0.05) is 330 Å². The van der Waals surface area contributed by atoms with E-state index in [2.05, 4.69) is 41.5 Å². The number of carbonyl (C=O) groups is 4. The second-order valence-corrected chi connectivity index (χ2v) is 30.5. The molecule has 0 spiro atoms. The van der Waals surface area contributed by atoms with Crippen molar-refractivity contribution in [1.82, 2.24) is 0 Å². The molecule has 2 unspecified atom stereocenters. The van der Waals surface area contributed by atoms with E-state index in [1.165, 1.54) is 193 Å². The molecule has 0 radical (unpaired) electrons. The molecule has 0 saturated carbocycles. The lowest BCUT2D eigenvalue weighted by Gasteiger charge is -2.21. The van der Waals surface area contributed by atoms with Gasteiger partial charge in [0.15, 0.2) is 12.2 Å². The molecule has 0 saturated heterocycles. The standard InChI is InChI=1S/C74H144O17P2/c1-7-9-11-13-15-17-19-21-23-24-25-27-29-34-38-46-52-58-73(78)90-69(62-84-71(76)56-50-44-37-33-28-26-22-20-18-16-14-12-10-8-2)64-88-92(80,81)86-60-68(75)61-87-93(82,83)89-65-70(63-85-72(77)57-51-45-41-40-43-49-55-67(5)6)91-74(79)59-53-47-39-35-31-30-32-36-42-48-54-66(3)4/h66-70,75H,7-65H2,1-6H3,(H,80,81)(H,82,83)/t68-,69-,70-/m1/s1. The number of phosphoric ester groups is 2. The van der Waals surface area contributed by atoms with Crippen molar-refractivity contribution >= 4 is 39.5 Å². The van der Waals surface area contributed by atoms with Crippen molar-refractivity contribution in [3.05, 3.63) is 0 Å². The first-order valence-electron chi connectivity index (χ1n) is 38.5. The fraction of sp³-hybridized carbons (Fsp3) is 0.946. The SMILES string of the molecule is CCCCCCCCCCCCCCCCCCCC(=O)O[C@H](COC(=O)CCCCCCCCCCCCCCCC)COP(=O)(O)OC[C@@H](O)COP(=O)(O)OC[C@@H](COC(=O)CCCCCCCCC(C)C)OC(=O)CCCCCCCCCCCCC(C)C. The van der Waals surface area contributed by atoms with Crippen molar-refractivity contribution in [1.29, 1.82) is 0 Å². The van der Waals surface area contributed by atoms with E-state index < -0.39 is 97.5 Å². The molecule has 0 aromatic rings. The molecule has 0 aromatic carbocycles. The summed E-state index contributed by atoms with van der Waals surface area (Å²) in [5.41, 5.74) is 0. The zero-order valence-corrected chi connectivity index (χ0v) is 62.3. The van der Waals surface area contributed by atoms with Crippen LogP contribution in [0.15, 0.2) is 0 Å². The molecular weight excluding hydrogens is 1220 g/mol. The van der Waals surface area contributed by atoms with Crippen molar-refractivity contribution < 1.29 is 80.2 Å². The lowest BCUT2D eigenvalue weighted by atomic mass is 10.0. The number of hydrogen-bond acceptors (Lipinski definition) is 15. The molecule has 0 heterocycles. The van der Waals surface area contributed by atoms with Crippen LogP contribution in [0.4, 0.5) is 0 Å². The van der Waals surface area contributed by atoms with Gasteiger partial charge in [-0.3, -0.25) is 37.3 Å². The number of ether oxygens (including phenoxy) is 4. The second kappa shape index (κ2) is 66.0. The van der Waals surface area contributed by atoms with E-state index in [0.29, 0.717) is 31.6 Å². The average molecular weight is 1370 g/mol. The fourth-order valence-corrected chi connectivity index (χ4v) is 12.9. The van der Waals surface area contributed by atoms with Crippen LogP contribution in [0, 0.1) is 11.8 Å². The molecule has 3 N–H and O–H groups in total. The minimum absolute atomic E-state index is 0.105. The van der Waals surface area contributed by atoms with Crippen LogP contribution in [0.2, 0.25) is 0 Å². The topological polar surface area (TPSA) is 237 Å². The van der Waals surface area contributed by atoms with Crippen LogP contribution >= 0.6 is 15.6 Å². The first kappa shape index (κ1) is 91.1. The molecule has 5 atom stereocenters. The smallest absolute Gasteiger partial charge is 0.462 e. The third kappa shape index (κ3) is 68.4. The quantitative estimate of drug-likeness (QED) is 0.0222. The monoisotopic (exact) mass is 1370 g/mol. The number of esters is 4. The van der Waals surface area contributed by atoms with Crippen molar-refractivity contribution in [2.45, 2.75) is 400 Å². The second-order valence-electron chi connectivity index (χ2n) is 27.6. The normalized spacial score (nSPS) is 14.1. The lowest BCUT2D eigenvalue weighted by Crippen LogP contribution is -2.30. The molecule has 0 aliphatic rings. The van der Waals surface area contributed by atoms with E-state index in [1.807, 2.05) is 0 Å². The van der Waals surface area contributed by atoms with Gasteiger partial charge >= 0.3 is 39.5 Å². The summed E-state index contributed by atoms with van der Waals surface area (Å²) in [6, 6.07) is 0. The molecule has 0 aliphatic carbocycles. The van der Waals surface area contributed by atoms with E-state index in [1.54, 1.807) is 0 Å². The molecule has 0 aromatic heterocycles. The largest absolute Gasteiger partial charge is 0.472 e. The molecular formula is C74H144O17P2. The summed E-state index contributed by atoms with van der Waals surface area (Å²) in [4.78, 5) is 72.7. The molecule has 19 heteroatoms. The molecule has 0 amide bonds. The van der Waals surface area contributed by atoms with E-state index in [4.69, 9.17) is 37.0 Å². The van der Waals surface area contributed by atoms with Gasteiger partial charge in [0.1, 0.15) is 19.3 Å².